The maximum Gasteiger partial charge on any atom is 0.408 e. The SMILES string of the molecule is CC(NC(=O)OC(C)(C)C12CC3CC(CC(C3)C1)C2)C(=O)[O-]. The van der Waals surface area contributed by atoms with Crippen LogP contribution in [0.25, 0.3) is 0 Å². The number of alkyl carbamates (subject to hydrolysis) is 1. The van der Waals surface area contributed by atoms with Crippen LogP contribution in [0.3, 0.4) is 0 Å². The highest BCUT2D eigenvalue weighted by Crippen LogP contribution is 2.64. The van der Waals surface area contributed by atoms with Crippen molar-refractivity contribution in [3.63, 3.8) is 0 Å². The van der Waals surface area contributed by atoms with Crippen molar-refractivity contribution < 1.29 is 19.4 Å². The summed E-state index contributed by atoms with van der Waals surface area (Å²) in [5.74, 6) is 1.03. The van der Waals surface area contributed by atoms with Crippen molar-refractivity contribution in [2.45, 2.75) is 70.9 Å². The second-order valence-corrected chi connectivity index (χ2v) is 8.28. The van der Waals surface area contributed by atoms with Crippen LogP contribution in [0.15, 0.2) is 0 Å². The molecular weight excluding hydrogens is 282 g/mol. The molecule has 4 rings (SSSR count). The van der Waals surface area contributed by atoms with Gasteiger partial charge in [0.25, 0.3) is 0 Å². The highest BCUT2D eigenvalue weighted by Gasteiger charge is 2.58. The standard InChI is InChI=1S/C17H27NO4/c1-10(14(19)20)18-15(21)22-16(2,3)17-7-11-4-12(8-17)6-13(5-11)9-17/h10-13H,4-9H2,1-3H3,(H,18,21)(H,19,20)/p-1. The second-order valence-electron chi connectivity index (χ2n) is 8.28. The van der Waals surface area contributed by atoms with Gasteiger partial charge in [-0.25, -0.2) is 4.79 Å². The van der Waals surface area contributed by atoms with Crippen LogP contribution in [-0.4, -0.2) is 23.7 Å². The lowest BCUT2D eigenvalue weighted by Gasteiger charge is -2.61. The van der Waals surface area contributed by atoms with E-state index in [0.717, 1.165) is 37.0 Å². The van der Waals surface area contributed by atoms with Gasteiger partial charge in [0.05, 0.1) is 12.0 Å². The minimum absolute atomic E-state index is 0.0593. The summed E-state index contributed by atoms with van der Waals surface area (Å²) in [4.78, 5) is 22.8. The third kappa shape index (κ3) is 2.59. The lowest BCUT2D eigenvalue weighted by molar-refractivity contribution is -0.307. The monoisotopic (exact) mass is 308 g/mol. The number of nitrogens with one attached hydrogen (secondary N) is 1. The molecule has 1 unspecified atom stereocenters. The smallest absolute Gasteiger partial charge is 0.408 e. The Morgan fingerprint density at radius 1 is 1.14 bits per heavy atom. The summed E-state index contributed by atoms with van der Waals surface area (Å²) in [7, 11) is 0. The van der Waals surface area contributed by atoms with Crippen LogP contribution >= 0.6 is 0 Å². The largest absolute Gasteiger partial charge is 0.548 e. The average Bonchev–Trinajstić information content (AvgIpc) is 2.35. The number of aliphatic carboxylic acids is 1. The summed E-state index contributed by atoms with van der Waals surface area (Å²) in [6.07, 6.45) is 6.76. The summed E-state index contributed by atoms with van der Waals surface area (Å²) in [5.41, 5.74) is -0.511. The Balaban J connectivity index is 1.70. The maximum atomic E-state index is 12.0. The van der Waals surface area contributed by atoms with Crippen LogP contribution in [0.4, 0.5) is 4.79 Å². The molecule has 0 aromatic heterocycles. The molecule has 1 amide bonds. The molecule has 0 aliphatic heterocycles. The van der Waals surface area contributed by atoms with Crippen molar-refractivity contribution in [2.24, 2.45) is 23.2 Å². The molecule has 1 atom stereocenters. The van der Waals surface area contributed by atoms with Crippen molar-refractivity contribution in [1.82, 2.24) is 5.32 Å². The first kappa shape index (κ1) is 15.6. The van der Waals surface area contributed by atoms with E-state index < -0.39 is 23.7 Å². The third-order valence-electron chi connectivity index (χ3n) is 6.35. The number of carbonyl (C=O) groups is 2. The lowest BCUT2D eigenvalue weighted by Crippen LogP contribution is -2.58. The molecule has 0 aromatic carbocycles. The number of hydrogen-bond donors (Lipinski definition) is 1. The van der Waals surface area contributed by atoms with E-state index in [1.165, 1.54) is 26.2 Å². The molecule has 0 spiro atoms. The number of rotatable bonds is 4. The van der Waals surface area contributed by atoms with E-state index in [1.54, 1.807) is 0 Å². The Morgan fingerprint density at radius 2 is 1.59 bits per heavy atom. The molecule has 0 saturated heterocycles. The van der Waals surface area contributed by atoms with Crippen LogP contribution in [0, 0.1) is 23.2 Å². The number of ether oxygens (including phenoxy) is 1. The molecule has 1 N–H and O–H groups in total. The van der Waals surface area contributed by atoms with Crippen molar-refractivity contribution in [1.29, 1.82) is 0 Å². The van der Waals surface area contributed by atoms with Crippen LogP contribution < -0.4 is 10.4 Å². The van der Waals surface area contributed by atoms with Gasteiger partial charge in [-0.15, -0.1) is 0 Å². The molecule has 0 heterocycles. The summed E-state index contributed by atoms with van der Waals surface area (Å²) >= 11 is 0. The Kier molecular flexibility index (Phi) is 3.65. The van der Waals surface area contributed by atoms with E-state index in [4.69, 9.17) is 4.74 Å². The van der Waals surface area contributed by atoms with Gasteiger partial charge < -0.3 is 20.0 Å². The van der Waals surface area contributed by atoms with Gasteiger partial charge in [0, 0.05) is 5.41 Å². The van der Waals surface area contributed by atoms with Crippen LogP contribution in [0.5, 0.6) is 0 Å². The van der Waals surface area contributed by atoms with Crippen molar-refractivity contribution in [2.75, 3.05) is 0 Å². The summed E-state index contributed by atoms with van der Waals surface area (Å²) in [6, 6.07) is -1.04. The van der Waals surface area contributed by atoms with Crippen molar-refractivity contribution in [3.8, 4) is 0 Å². The van der Waals surface area contributed by atoms with Gasteiger partial charge in [-0.2, -0.15) is 0 Å². The molecule has 0 radical (unpaired) electrons. The maximum absolute atomic E-state index is 12.0. The quantitative estimate of drug-likeness (QED) is 0.859. The first-order valence-corrected chi connectivity index (χ1v) is 8.41. The van der Waals surface area contributed by atoms with Gasteiger partial charge >= 0.3 is 6.09 Å². The summed E-state index contributed by atoms with van der Waals surface area (Å²) in [5, 5.41) is 13.1. The predicted octanol–water partition coefficient (Wildman–Crippen LogP) is 1.85. The molecule has 4 bridgehead atoms. The topological polar surface area (TPSA) is 78.5 Å². The molecule has 0 aromatic rings. The van der Waals surface area contributed by atoms with E-state index in [1.807, 2.05) is 13.8 Å². The average molecular weight is 308 g/mol. The number of hydrogen-bond acceptors (Lipinski definition) is 4. The Bertz CT molecular complexity index is 450. The van der Waals surface area contributed by atoms with E-state index in [-0.39, 0.29) is 5.41 Å². The fourth-order valence-electron chi connectivity index (χ4n) is 5.45. The van der Waals surface area contributed by atoms with Crippen LogP contribution in [-0.2, 0) is 9.53 Å². The van der Waals surface area contributed by atoms with Gasteiger partial charge in [0.2, 0.25) is 0 Å². The summed E-state index contributed by atoms with van der Waals surface area (Å²) in [6.45, 7) is 5.36. The molecule has 4 fully saturated rings. The van der Waals surface area contributed by atoms with Gasteiger partial charge in [-0.05, 0) is 77.0 Å². The third-order valence-corrected chi connectivity index (χ3v) is 6.35. The molecule has 22 heavy (non-hydrogen) atoms. The van der Waals surface area contributed by atoms with E-state index >= 15 is 0 Å². The van der Waals surface area contributed by atoms with Gasteiger partial charge in [-0.3, -0.25) is 0 Å². The molecule has 4 aliphatic carbocycles. The zero-order chi connectivity index (χ0) is 16.1. The Labute approximate surface area is 131 Å². The fourth-order valence-corrected chi connectivity index (χ4v) is 5.45. The molecule has 4 saturated carbocycles. The Morgan fingerprint density at radius 3 is 2.00 bits per heavy atom. The fraction of sp³-hybridized carbons (Fsp3) is 0.882. The number of carboxylic acid groups (broad SMARTS) is 1. The Hall–Kier alpha value is -1.26. The second kappa shape index (κ2) is 5.14. The lowest BCUT2D eigenvalue weighted by atomic mass is 9.46. The highest BCUT2D eigenvalue weighted by atomic mass is 16.6. The van der Waals surface area contributed by atoms with Gasteiger partial charge in [0.1, 0.15) is 5.60 Å². The molecular formula is C17H26NO4-. The molecule has 124 valence electrons. The van der Waals surface area contributed by atoms with Crippen molar-refractivity contribution >= 4 is 12.1 Å². The van der Waals surface area contributed by atoms with Crippen molar-refractivity contribution in [3.05, 3.63) is 0 Å². The molecule has 5 nitrogen and oxygen atoms in total. The normalized spacial score (nSPS) is 37.7. The first-order valence-electron chi connectivity index (χ1n) is 8.41. The zero-order valence-corrected chi connectivity index (χ0v) is 13.7. The van der Waals surface area contributed by atoms with E-state index in [0.29, 0.717) is 0 Å². The first-order chi connectivity index (χ1) is 10.2. The number of carboxylic acids is 1. The van der Waals surface area contributed by atoms with E-state index in [9.17, 15) is 14.7 Å². The summed E-state index contributed by atoms with van der Waals surface area (Å²) < 4.78 is 5.70. The molecule has 5 heteroatoms. The van der Waals surface area contributed by atoms with Crippen LogP contribution in [0.2, 0.25) is 0 Å². The van der Waals surface area contributed by atoms with Crippen LogP contribution in [0.1, 0.15) is 59.3 Å². The zero-order valence-electron chi connectivity index (χ0n) is 13.7. The van der Waals surface area contributed by atoms with Gasteiger partial charge in [-0.1, -0.05) is 0 Å². The number of amides is 1. The predicted molar refractivity (Wildman–Crippen MR) is 78.8 cm³/mol. The minimum atomic E-state index is -1.30. The van der Waals surface area contributed by atoms with E-state index in [2.05, 4.69) is 5.32 Å². The minimum Gasteiger partial charge on any atom is -0.548 e. The number of carbonyl (C=O) groups excluding carboxylic acids is 2. The highest BCUT2D eigenvalue weighted by molar-refractivity contribution is 5.78. The van der Waals surface area contributed by atoms with Gasteiger partial charge in [0.15, 0.2) is 0 Å². The molecule has 4 aliphatic rings.